The molecule has 0 heterocycles. The minimum atomic E-state index is -4.25. The SMILES string of the molecule is CC(C)CNCC(C)(COCC(F)(F)F)C(C)C. The molecule has 0 spiro atoms. The van der Waals surface area contributed by atoms with Crippen LogP contribution in [0.5, 0.6) is 0 Å². The summed E-state index contributed by atoms with van der Waals surface area (Å²) in [5.41, 5.74) is -0.278. The van der Waals surface area contributed by atoms with Crippen molar-refractivity contribution in [2.45, 2.75) is 40.8 Å². The van der Waals surface area contributed by atoms with Crippen LogP contribution in [0.25, 0.3) is 0 Å². The Hall–Kier alpha value is -0.290. The Morgan fingerprint density at radius 1 is 1.06 bits per heavy atom. The van der Waals surface area contributed by atoms with Crippen molar-refractivity contribution in [1.29, 1.82) is 0 Å². The second kappa shape index (κ2) is 7.34. The van der Waals surface area contributed by atoms with E-state index >= 15 is 0 Å². The van der Waals surface area contributed by atoms with Crippen LogP contribution < -0.4 is 5.32 Å². The van der Waals surface area contributed by atoms with Crippen molar-refractivity contribution in [2.24, 2.45) is 17.3 Å². The second-order valence-electron chi connectivity index (χ2n) is 5.94. The number of alkyl halides is 3. The highest BCUT2D eigenvalue weighted by Crippen LogP contribution is 2.27. The molecule has 0 bridgehead atoms. The van der Waals surface area contributed by atoms with E-state index in [0.717, 1.165) is 6.54 Å². The second-order valence-corrected chi connectivity index (χ2v) is 5.94. The zero-order chi connectivity index (χ0) is 14.4. The van der Waals surface area contributed by atoms with Crippen molar-refractivity contribution in [1.82, 2.24) is 5.32 Å². The summed E-state index contributed by atoms with van der Waals surface area (Å²) in [6.45, 7) is 10.7. The highest BCUT2D eigenvalue weighted by Gasteiger charge is 2.32. The summed E-state index contributed by atoms with van der Waals surface area (Å²) in [7, 11) is 0. The van der Waals surface area contributed by atoms with Crippen molar-refractivity contribution in [2.75, 3.05) is 26.3 Å². The van der Waals surface area contributed by atoms with Crippen molar-refractivity contribution in [3.63, 3.8) is 0 Å². The van der Waals surface area contributed by atoms with Gasteiger partial charge in [-0.1, -0.05) is 34.6 Å². The van der Waals surface area contributed by atoms with E-state index in [0.29, 0.717) is 12.5 Å². The molecule has 0 amide bonds. The molecule has 0 aliphatic rings. The average molecular weight is 269 g/mol. The molecule has 18 heavy (non-hydrogen) atoms. The highest BCUT2D eigenvalue weighted by atomic mass is 19.4. The molecule has 0 aromatic rings. The van der Waals surface area contributed by atoms with Gasteiger partial charge in [0.1, 0.15) is 6.61 Å². The smallest absolute Gasteiger partial charge is 0.371 e. The van der Waals surface area contributed by atoms with Crippen LogP contribution >= 0.6 is 0 Å². The fraction of sp³-hybridized carbons (Fsp3) is 1.00. The fourth-order valence-electron chi connectivity index (χ4n) is 1.47. The van der Waals surface area contributed by atoms with Gasteiger partial charge in [0.05, 0.1) is 6.61 Å². The highest BCUT2D eigenvalue weighted by molar-refractivity contribution is 4.80. The van der Waals surface area contributed by atoms with Crippen LogP contribution in [-0.4, -0.2) is 32.5 Å². The van der Waals surface area contributed by atoms with E-state index in [4.69, 9.17) is 4.74 Å². The maximum atomic E-state index is 12.0. The van der Waals surface area contributed by atoms with Crippen LogP contribution in [0, 0.1) is 17.3 Å². The van der Waals surface area contributed by atoms with Gasteiger partial charge in [-0.05, 0) is 18.4 Å². The quantitative estimate of drug-likeness (QED) is 0.728. The molecule has 0 saturated carbocycles. The van der Waals surface area contributed by atoms with Gasteiger partial charge in [0.25, 0.3) is 0 Å². The molecule has 110 valence electrons. The first-order valence-electron chi connectivity index (χ1n) is 6.42. The lowest BCUT2D eigenvalue weighted by Crippen LogP contribution is -2.41. The van der Waals surface area contributed by atoms with E-state index in [-0.39, 0.29) is 17.9 Å². The summed E-state index contributed by atoms with van der Waals surface area (Å²) in [6.07, 6.45) is -4.25. The summed E-state index contributed by atoms with van der Waals surface area (Å²) in [4.78, 5) is 0. The molecule has 1 N–H and O–H groups in total. The van der Waals surface area contributed by atoms with Crippen LogP contribution in [0.15, 0.2) is 0 Å². The first-order chi connectivity index (χ1) is 8.07. The molecule has 5 heteroatoms. The summed E-state index contributed by atoms with van der Waals surface area (Å²) >= 11 is 0. The molecule has 0 rings (SSSR count). The molecule has 0 saturated heterocycles. The molecule has 0 radical (unpaired) electrons. The third-order valence-corrected chi connectivity index (χ3v) is 3.17. The predicted octanol–water partition coefficient (Wildman–Crippen LogP) is 3.47. The van der Waals surface area contributed by atoms with Gasteiger partial charge >= 0.3 is 6.18 Å². The number of rotatable bonds is 8. The van der Waals surface area contributed by atoms with Crippen LogP contribution in [0.4, 0.5) is 13.2 Å². The van der Waals surface area contributed by atoms with E-state index < -0.39 is 12.8 Å². The molecule has 2 nitrogen and oxygen atoms in total. The summed E-state index contributed by atoms with van der Waals surface area (Å²) in [5, 5.41) is 3.29. The average Bonchev–Trinajstić information content (AvgIpc) is 2.14. The number of ether oxygens (including phenoxy) is 1. The third-order valence-electron chi connectivity index (χ3n) is 3.17. The third kappa shape index (κ3) is 7.93. The van der Waals surface area contributed by atoms with E-state index in [1.54, 1.807) is 0 Å². The van der Waals surface area contributed by atoms with Crippen molar-refractivity contribution >= 4 is 0 Å². The Morgan fingerprint density at radius 3 is 2.00 bits per heavy atom. The molecule has 0 fully saturated rings. The van der Waals surface area contributed by atoms with Gasteiger partial charge < -0.3 is 10.1 Å². The predicted molar refractivity (Wildman–Crippen MR) is 67.5 cm³/mol. The lowest BCUT2D eigenvalue weighted by molar-refractivity contribution is -0.181. The van der Waals surface area contributed by atoms with Crippen molar-refractivity contribution in [3.05, 3.63) is 0 Å². The largest absolute Gasteiger partial charge is 0.411 e. The zero-order valence-electron chi connectivity index (χ0n) is 12.0. The molecular weight excluding hydrogens is 243 g/mol. The number of hydrogen-bond donors (Lipinski definition) is 1. The van der Waals surface area contributed by atoms with Crippen molar-refractivity contribution < 1.29 is 17.9 Å². The van der Waals surface area contributed by atoms with Crippen LogP contribution in [0.1, 0.15) is 34.6 Å². The van der Waals surface area contributed by atoms with Crippen molar-refractivity contribution in [3.8, 4) is 0 Å². The maximum absolute atomic E-state index is 12.0. The van der Waals surface area contributed by atoms with E-state index in [9.17, 15) is 13.2 Å². The Balaban J connectivity index is 4.18. The topological polar surface area (TPSA) is 21.3 Å². The van der Waals surface area contributed by atoms with Crippen LogP contribution in [0.3, 0.4) is 0 Å². The minimum Gasteiger partial charge on any atom is -0.371 e. The van der Waals surface area contributed by atoms with Gasteiger partial charge in [-0.3, -0.25) is 0 Å². The summed E-state index contributed by atoms with van der Waals surface area (Å²) < 4.78 is 41.0. The molecular formula is C13H26F3NO. The first kappa shape index (κ1) is 17.7. The Kier molecular flexibility index (Phi) is 7.22. The van der Waals surface area contributed by atoms with E-state index in [1.165, 1.54) is 0 Å². The fourth-order valence-corrected chi connectivity index (χ4v) is 1.47. The Morgan fingerprint density at radius 2 is 1.61 bits per heavy atom. The number of halogens is 3. The van der Waals surface area contributed by atoms with Gasteiger partial charge in [-0.2, -0.15) is 13.2 Å². The number of nitrogens with one attached hydrogen (secondary N) is 1. The van der Waals surface area contributed by atoms with Crippen LogP contribution in [0.2, 0.25) is 0 Å². The lowest BCUT2D eigenvalue weighted by Gasteiger charge is -2.34. The van der Waals surface area contributed by atoms with Gasteiger partial charge in [-0.25, -0.2) is 0 Å². The van der Waals surface area contributed by atoms with Gasteiger partial charge in [0.2, 0.25) is 0 Å². The zero-order valence-corrected chi connectivity index (χ0v) is 12.0. The van der Waals surface area contributed by atoms with Crippen LogP contribution in [-0.2, 0) is 4.74 Å². The van der Waals surface area contributed by atoms with Gasteiger partial charge in [-0.15, -0.1) is 0 Å². The summed E-state index contributed by atoms with van der Waals surface area (Å²) in [6, 6.07) is 0. The van der Waals surface area contributed by atoms with Gasteiger partial charge in [0.15, 0.2) is 0 Å². The first-order valence-corrected chi connectivity index (χ1v) is 6.42. The Bertz CT molecular complexity index is 229. The molecule has 1 unspecified atom stereocenters. The molecule has 0 aliphatic heterocycles. The normalized spacial score (nSPS) is 16.3. The van der Waals surface area contributed by atoms with E-state index in [2.05, 4.69) is 19.2 Å². The minimum absolute atomic E-state index is 0.120. The van der Waals surface area contributed by atoms with E-state index in [1.807, 2.05) is 20.8 Å². The monoisotopic (exact) mass is 269 g/mol. The number of hydrogen-bond acceptors (Lipinski definition) is 2. The standard InChI is InChI=1S/C13H26F3NO/c1-10(2)6-17-7-12(5,11(3)4)8-18-9-13(14,15)16/h10-11,17H,6-9H2,1-5H3. The summed E-state index contributed by atoms with van der Waals surface area (Å²) in [5.74, 6) is 0.780. The van der Waals surface area contributed by atoms with Gasteiger partial charge in [0, 0.05) is 12.0 Å². The molecule has 0 aliphatic carbocycles. The Labute approximate surface area is 108 Å². The lowest BCUT2D eigenvalue weighted by atomic mass is 9.79. The molecule has 1 atom stereocenters. The molecule has 0 aromatic carbocycles. The molecule has 0 aromatic heterocycles. The maximum Gasteiger partial charge on any atom is 0.411 e.